The normalized spacial score (nSPS) is 12.4. The highest BCUT2D eigenvalue weighted by Crippen LogP contribution is 2.24. The lowest BCUT2D eigenvalue weighted by atomic mass is 10.2. The summed E-state index contributed by atoms with van der Waals surface area (Å²) in [7, 11) is 0. The number of anilines is 1. The summed E-state index contributed by atoms with van der Waals surface area (Å²) in [6.45, 7) is 6.17. The summed E-state index contributed by atoms with van der Waals surface area (Å²) in [5, 5.41) is 6.53. The van der Waals surface area contributed by atoms with Crippen molar-refractivity contribution in [3.8, 4) is 0 Å². The minimum Gasteiger partial charge on any atom is -0.361 e. The third kappa shape index (κ3) is 2.61. The second-order valence-electron chi connectivity index (χ2n) is 3.91. The molecule has 1 atom stereocenters. The van der Waals surface area contributed by atoms with Crippen molar-refractivity contribution in [2.45, 2.75) is 33.2 Å². The summed E-state index contributed by atoms with van der Waals surface area (Å²) < 4.78 is 0. The average Bonchev–Trinajstić information content (AvgIpc) is 2.85. The fourth-order valence-corrected chi connectivity index (χ4v) is 2.37. The van der Waals surface area contributed by atoms with E-state index in [1.54, 1.807) is 17.7 Å². The first kappa shape index (κ1) is 12.0. The molecule has 0 aliphatic heterocycles. The minimum atomic E-state index is 0.225. The molecule has 0 aliphatic rings. The summed E-state index contributed by atoms with van der Waals surface area (Å²) in [6.07, 6.45) is 4.41. The summed E-state index contributed by atoms with van der Waals surface area (Å²) in [4.78, 5) is 12.8. The number of nitrogens with zero attached hydrogens (tertiary/aromatic N) is 3. The molecule has 0 saturated carbocycles. The zero-order valence-corrected chi connectivity index (χ0v) is 11.1. The van der Waals surface area contributed by atoms with E-state index in [1.165, 1.54) is 0 Å². The largest absolute Gasteiger partial charge is 0.361 e. The number of nitrogens with one attached hydrogen (secondary N) is 1. The van der Waals surface area contributed by atoms with Gasteiger partial charge in [-0.25, -0.2) is 15.0 Å². The molecule has 2 rings (SSSR count). The molecule has 0 fully saturated rings. The molecular formula is C12H16N4S. The van der Waals surface area contributed by atoms with Crippen molar-refractivity contribution in [3.05, 3.63) is 34.2 Å². The first-order valence-electron chi connectivity index (χ1n) is 5.66. The first-order valence-corrected chi connectivity index (χ1v) is 6.54. The molecule has 0 radical (unpaired) electrons. The van der Waals surface area contributed by atoms with Crippen LogP contribution >= 0.6 is 11.3 Å². The van der Waals surface area contributed by atoms with E-state index in [9.17, 15) is 0 Å². The molecule has 5 heteroatoms. The molecule has 0 aliphatic carbocycles. The van der Waals surface area contributed by atoms with Crippen molar-refractivity contribution in [1.29, 1.82) is 0 Å². The van der Waals surface area contributed by atoms with Crippen LogP contribution in [-0.2, 0) is 0 Å². The van der Waals surface area contributed by atoms with E-state index in [0.717, 1.165) is 28.5 Å². The van der Waals surface area contributed by atoms with Crippen LogP contribution in [0.3, 0.4) is 0 Å². The molecule has 0 spiro atoms. The van der Waals surface area contributed by atoms with E-state index in [1.807, 2.05) is 25.4 Å². The van der Waals surface area contributed by atoms with E-state index in [4.69, 9.17) is 0 Å². The van der Waals surface area contributed by atoms with Crippen LogP contribution in [0, 0.1) is 13.8 Å². The van der Waals surface area contributed by atoms with Gasteiger partial charge in [-0.05, 0) is 20.3 Å². The molecule has 0 amide bonds. The Morgan fingerprint density at radius 2 is 2.12 bits per heavy atom. The maximum absolute atomic E-state index is 4.35. The van der Waals surface area contributed by atoms with Gasteiger partial charge < -0.3 is 5.32 Å². The van der Waals surface area contributed by atoms with Crippen LogP contribution in [0.15, 0.2) is 17.9 Å². The smallest absolute Gasteiger partial charge is 0.133 e. The Hall–Kier alpha value is -1.49. The molecule has 2 aromatic heterocycles. The Morgan fingerprint density at radius 1 is 1.29 bits per heavy atom. The lowest BCUT2D eigenvalue weighted by Gasteiger charge is -2.16. The van der Waals surface area contributed by atoms with Crippen molar-refractivity contribution < 1.29 is 0 Å². The van der Waals surface area contributed by atoms with Gasteiger partial charge >= 0.3 is 0 Å². The highest BCUT2D eigenvalue weighted by molar-refractivity contribution is 7.09. The Morgan fingerprint density at radius 3 is 2.76 bits per heavy atom. The fraction of sp³-hybridized carbons (Fsp3) is 0.417. The zero-order valence-electron chi connectivity index (χ0n) is 10.3. The van der Waals surface area contributed by atoms with E-state index >= 15 is 0 Å². The molecule has 0 bridgehead atoms. The predicted molar refractivity (Wildman–Crippen MR) is 70.3 cm³/mol. The second-order valence-corrected chi connectivity index (χ2v) is 4.83. The number of aryl methyl sites for hydroxylation is 1. The van der Waals surface area contributed by atoms with Crippen molar-refractivity contribution in [2.24, 2.45) is 0 Å². The average molecular weight is 248 g/mol. The van der Waals surface area contributed by atoms with Gasteiger partial charge in [0.2, 0.25) is 0 Å². The monoisotopic (exact) mass is 248 g/mol. The zero-order chi connectivity index (χ0) is 12.3. The first-order chi connectivity index (χ1) is 8.22. The predicted octanol–water partition coefficient (Wildman–Crippen LogP) is 3.11. The molecule has 90 valence electrons. The van der Waals surface area contributed by atoms with Crippen LogP contribution in [-0.4, -0.2) is 15.0 Å². The van der Waals surface area contributed by atoms with Gasteiger partial charge in [-0.2, -0.15) is 0 Å². The molecule has 1 N–H and O–H groups in total. The lowest BCUT2D eigenvalue weighted by molar-refractivity contribution is 0.735. The third-order valence-electron chi connectivity index (χ3n) is 2.80. The Kier molecular flexibility index (Phi) is 3.68. The van der Waals surface area contributed by atoms with Crippen LogP contribution < -0.4 is 5.32 Å². The Bertz CT molecular complexity index is 481. The molecule has 2 heterocycles. The SMILES string of the molecule is CC[C@@H](Nc1ncnc(C)c1C)c1nccs1. The number of hydrogen-bond acceptors (Lipinski definition) is 5. The summed E-state index contributed by atoms with van der Waals surface area (Å²) in [5.74, 6) is 0.902. The summed E-state index contributed by atoms with van der Waals surface area (Å²) >= 11 is 1.67. The van der Waals surface area contributed by atoms with Gasteiger partial charge in [-0.3, -0.25) is 0 Å². The van der Waals surface area contributed by atoms with Gasteiger partial charge in [0.25, 0.3) is 0 Å². The quantitative estimate of drug-likeness (QED) is 0.903. The highest BCUT2D eigenvalue weighted by atomic mass is 32.1. The van der Waals surface area contributed by atoms with Crippen LogP contribution in [0.25, 0.3) is 0 Å². The van der Waals surface area contributed by atoms with Crippen molar-refractivity contribution >= 4 is 17.2 Å². The van der Waals surface area contributed by atoms with Crippen LogP contribution in [0.5, 0.6) is 0 Å². The van der Waals surface area contributed by atoms with E-state index in [0.29, 0.717) is 0 Å². The summed E-state index contributed by atoms with van der Waals surface area (Å²) in [6, 6.07) is 0.225. The Labute approximate surface area is 105 Å². The van der Waals surface area contributed by atoms with E-state index in [-0.39, 0.29) is 6.04 Å². The molecular weight excluding hydrogens is 232 g/mol. The molecule has 2 aromatic rings. The summed E-state index contributed by atoms with van der Waals surface area (Å²) in [5.41, 5.74) is 2.11. The van der Waals surface area contributed by atoms with Crippen LogP contribution in [0.1, 0.15) is 35.7 Å². The Balaban J connectivity index is 2.22. The number of rotatable bonds is 4. The number of hydrogen-bond donors (Lipinski definition) is 1. The van der Waals surface area contributed by atoms with Crippen molar-refractivity contribution in [2.75, 3.05) is 5.32 Å². The highest BCUT2D eigenvalue weighted by Gasteiger charge is 2.14. The van der Waals surface area contributed by atoms with Crippen molar-refractivity contribution in [3.63, 3.8) is 0 Å². The van der Waals surface area contributed by atoms with Gasteiger partial charge in [0.1, 0.15) is 17.2 Å². The van der Waals surface area contributed by atoms with Gasteiger partial charge in [-0.1, -0.05) is 6.92 Å². The maximum Gasteiger partial charge on any atom is 0.133 e. The number of aromatic nitrogens is 3. The van der Waals surface area contributed by atoms with Crippen LogP contribution in [0.4, 0.5) is 5.82 Å². The minimum absolute atomic E-state index is 0.225. The van der Waals surface area contributed by atoms with Crippen LogP contribution in [0.2, 0.25) is 0 Å². The standard InChI is InChI=1S/C12H16N4S/c1-4-10(12-13-5-6-17-12)16-11-8(2)9(3)14-7-15-11/h5-7,10H,4H2,1-3H3,(H,14,15,16)/t10-/m1/s1. The molecule has 17 heavy (non-hydrogen) atoms. The van der Waals surface area contributed by atoms with E-state index in [2.05, 4.69) is 27.2 Å². The van der Waals surface area contributed by atoms with Gasteiger partial charge in [0.15, 0.2) is 0 Å². The molecule has 0 saturated heterocycles. The molecule has 4 nitrogen and oxygen atoms in total. The lowest BCUT2D eigenvalue weighted by Crippen LogP contribution is -2.12. The van der Waals surface area contributed by atoms with Crippen molar-refractivity contribution in [1.82, 2.24) is 15.0 Å². The van der Waals surface area contributed by atoms with Gasteiger partial charge in [0.05, 0.1) is 6.04 Å². The van der Waals surface area contributed by atoms with E-state index < -0.39 is 0 Å². The third-order valence-corrected chi connectivity index (χ3v) is 3.69. The van der Waals surface area contributed by atoms with Gasteiger partial charge in [-0.15, -0.1) is 11.3 Å². The second kappa shape index (κ2) is 5.23. The molecule has 0 unspecified atom stereocenters. The van der Waals surface area contributed by atoms with Gasteiger partial charge in [0, 0.05) is 22.8 Å². The topological polar surface area (TPSA) is 50.7 Å². The fourth-order valence-electron chi connectivity index (χ4n) is 1.59. The maximum atomic E-state index is 4.35. The number of thiazole rings is 1. The molecule has 0 aromatic carbocycles.